The third-order valence-electron chi connectivity index (χ3n) is 5.95. The summed E-state index contributed by atoms with van der Waals surface area (Å²) < 4.78 is 13.3. The number of halogens is 1. The Labute approximate surface area is 175 Å². The molecular formula is C23H26FN6+. The van der Waals surface area contributed by atoms with E-state index in [1.54, 1.807) is 12.1 Å². The average Bonchev–Trinajstić information content (AvgIpc) is 2.99. The van der Waals surface area contributed by atoms with Crippen LogP contribution in [0.4, 0.5) is 4.39 Å². The zero-order valence-electron chi connectivity index (χ0n) is 17.4. The number of nitrogens with one attached hydrogen (secondary N) is 1. The Balaban J connectivity index is 1.64. The molecule has 0 fully saturated rings. The fraction of sp³-hybridized carbons (Fsp3) is 0.261. The summed E-state index contributed by atoms with van der Waals surface area (Å²) in [5.41, 5.74) is 9.60. The highest BCUT2D eigenvalue weighted by Gasteiger charge is 2.51. The summed E-state index contributed by atoms with van der Waals surface area (Å²) in [5, 5.41) is 10.6. The molecule has 0 saturated carbocycles. The normalized spacial score (nSPS) is 25.1. The van der Waals surface area contributed by atoms with Crippen molar-refractivity contribution in [3.8, 4) is 0 Å². The lowest BCUT2D eigenvalue weighted by molar-refractivity contribution is -0.530. The first-order valence-corrected chi connectivity index (χ1v) is 9.95. The summed E-state index contributed by atoms with van der Waals surface area (Å²) in [6.07, 6.45) is 9.90. The molecule has 6 nitrogen and oxygen atoms in total. The van der Waals surface area contributed by atoms with Gasteiger partial charge in [0.1, 0.15) is 28.9 Å². The Morgan fingerprint density at radius 1 is 1.30 bits per heavy atom. The van der Waals surface area contributed by atoms with Gasteiger partial charge in [-0.15, -0.1) is 0 Å². The number of rotatable bonds is 5. The smallest absolute Gasteiger partial charge is 0.148 e. The van der Waals surface area contributed by atoms with E-state index in [9.17, 15) is 4.39 Å². The van der Waals surface area contributed by atoms with E-state index in [0.717, 1.165) is 28.5 Å². The molecule has 154 valence electrons. The van der Waals surface area contributed by atoms with Crippen molar-refractivity contribution < 1.29 is 9.71 Å². The van der Waals surface area contributed by atoms with Crippen molar-refractivity contribution in [1.29, 1.82) is 5.41 Å². The van der Waals surface area contributed by atoms with Gasteiger partial charge in [-0.25, -0.2) is 14.4 Å². The van der Waals surface area contributed by atoms with Gasteiger partial charge in [-0.2, -0.15) is 0 Å². The van der Waals surface area contributed by atoms with Gasteiger partial charge in [0.05, 0.1) is 30.6 Å². The van der Waals surface area contributed by atoms with Gasteiger partial charge in [0.15, 0.2) is 0 Å². The number of hydrogen-bond donors (Lipinski definition) is 3. The molecule has 0 amide bonds. The van der Waals surface area contributed by atoms with Crippen molar-refractivity contribution in [2.24, 2.45) is 21.6 Å². The van der Waals surface area contributed by atoms with Crippen molar-refractivity contribution in [3.05, 3.63) is 77.5 Å². The second kappa shape index (κ2) is 7.50. The molecule has 1 aliphatic carbocycles. The Bertz CT molecular complexity index is 1070. The standard InChI is InChI=1S/C23H25FN6/c1-14-28-21-22(26)29-19-7-5-4-6-18(19)23(21,2)30(14)13-17(25)12-20(27-3)15-8-10-16(24)11-9-15/h4-12,18,25,27H,13,26H2,1-3H3/p+1/b20-12-,25-17?. The first-order chi connectivity index (χ1) is 14.3. The molecule has 30 heavy (non-hydrogen) atoms. The molecule has 1 aromatic rings. The molecular weight excluding hydrogens is 379 g/mol. The van der Waals surface area contributed by atoms with Gasteiger partial charge in [-0.1, -0.05) is 18.2 Å². The molecule has 4 rings (SSSR count). The van der Waals surface area contributed by atoms with Crippen molar-refractivity contribution in [1.82, 2.24) is 4.90 Å². The van der Waals surface area contributed by atoms with Gasteiger partial charge in [0, 0.05) is 17.6 Å². The van der Waals surface area contributed by atoms with Crippen LogP contribution in [-0.2, 0) is 0 Å². The molecule has 2 aliphatic heterocycles. The molecule has 5 N–H and O–H groups in total. The van der Waals surface area contributed by atoms with Crippen LogP contribution in [0.3, 0.4) is 0 Å². The lowest BCUT2D eigenvalue weighted by Gasteiger charge is -2.44. The molecule has 0 saturated heterocycles. The molecule has 2 heterocycles. The number of hydrogen-bond acceptors (Lipinski definition) is 5. The van der Waals surface area contributed by atoms with Gasteiger partial charge in [0.2, 0.25) is 0 Å². The molecule has 1 aromatic carbocycles. The molecule has 7 heteroatoms. The molecule has 0 aromatic heterocycles. The van der Waals surface area contributed by atoms with Gasteiger partial charge in [-0.05, 0) is 44.2 Å². The number of amidine groups is 1. The number of aliphatic imine (C=N–C) groups is 2. The highest BCUT2D eigenvalue weighted by Crippen LogP contribution is 2.44. The Hall–Kier alpha value is -3.32. The van der Waals surface area contributed by atoms with Crippen LogP contribution in [0.25, 0.3) is 5.70 Å². The van der Waals surface area contributed by atoms with Crippen LogP contribution in [0.2, 0.25) is 0 Å². The molecule has 3 aliphatic rings. The second-order valence-corrected chi connectivity index (χ2v) is 7.81. The number of quaternary nitrogens is 1. The predicted molar refractivity (Wildman–Crippen MR) is 119 cm³/mol. The minimum Gasteiger partial charge on any atom is -0.382 e. The maximum absolute atomic E-state index is 13.3. The minimum absolute atomic E-state index is 0.0112. The summed E-state index contributed by atoms with van der Waals surface area (Å²) in [6.45, 7) is 4.43. The predicted octanol–water partition coefficient (Wildman–Crippen LogP) is 2.20. The van der Waals surface area contributed by atoms with Gasteiger partial charge >= 0.3 is 0 Å². The molecule has 2 atom stereocenters. The topological polar surface area (TPSA) is 94.4 Å². The molecule has 0 radical (unpaired) electrons. The highest BCUT2D eigenvalue weighted by atomic mass is 19.1. The first-order valence-electron chi connectivity index (χ1n) is 9.95. The van der Waals surface area contributed by atoms with E-state index in [0.29, 0.717) is 18.1 Å². The fourth-order valence-corrected chi connectivity index (χ4v) is 4.39. The number of benzene rings is 1. The first kappa shape index (κ1) is 20.0. The van der Waals surface area contributed by atoms with Gasteiger partial charge in [-0.3, -0.25) is 0 Å². The summed E-state index contributed by atoms with van der Waals surface area (Å²) in [7, 11) is 1.91. The maximum atomic E-state index is 13.3. The van der Waals surface area contributed by atoms with E-state index in [2.05, 4.69) is 22.9 Å². The average molecular weight is 406 g/mol. The summed E-state index contributed by atoms with van der Waals surface area (Å²) in [6, 6.07) is 6.31. The fourth-order valence-electron chi connectivity index (χ4n) is 4.39. The van der Waals surface area contributed by atoms with Crippen LogP contribution in [0.5, 0.6) is 0 Å². The van der Waals surface area contributed by atoms with E-state index in [-0.39, 0.29) is 11.7 Å². The third kappa shape index (κ3) is 3.21. The van der Waals surface area contributed by atoms with Crippen LogP contribution in [0.1, 0.15) is 19.4 Å². The van der Waals surface area contributed by atoms with Crippen LogP contribution < -0.4 is 11.1 Å². The van der Waals surface area contributed by atoms with E-state index < -0.39 is 5.54 Å². The number of nitrogens with zero attached hydrogens (tertiary/aromatic N) is 3. The highest BCUT2D eigenvalue weighted by molar-refractivity contribution is 6.05. The van der Waals surface area contributed by atoms with Crippen LogP contribution in [0, 0.1) is 17.1 Å². The van der Waals surface area contributed by atoms with Gasteiger partial charge < -0.3 is 21.4 Å². The van der Waals surface area contributed by atoms with Crippen LogP contribution >= 0.6 is 0 Å². The van der Waals surface area contributed by atoms with Crippen molar-refractivity contribution in [2.45, 2.75) is 19.4 Å². The molecule has 2 unspecified atom stereocenters. The Morgan fingerprint density at radius 2 is 2.03 bits per heavy atom. The number of allylic oxidation sites excluding steroid dienone is 3. The van der Waals surface area contributed by atoms with Gasteiger partial charge in [0.25, 0.3) is 0 Å². The lowest BCUT2D eigenvalue weighted by Crippen LogP contribution is -2.76. The summed E-state index contributed by atoms with van der Waals surface area (Å²) >= 11 is 0. The SMILES string of the molecule is C[NH2+]/C(=C\C(=N)CN1C(C)=NC2=C(N)N=C3C=CC=CC3C21C)c1ccc(F)cc1. The summed E-state index contributed by atoms with van der Waals surface area (Å²) in [4.78, 5) is 11.4. The van der Waals surface area contributed by atoms with E-state index in [1.165, 1.54) is 12.1 Å². The molecule has 0 bridgehead atoms. The quantitative estimate of drug-likeness (QED) is 0.655. The number of fused-ring (bicyclic) bond motifs is 3. The molecule has 0 spiro atoms. The van der Waals surface area contributed by atoms with Crippen molar-refractivity contribution in [2.75, 3.05) is 13.6 Å². The zero-order valence-corrected chi connectivity index (χ0v) is 17.4. The van der Waals surface area contributed by atoms with E-state index in [1.807, 2.05) is 43.6 Å². The van der Waals surface area contributed by atoms with E-state index in [4.69, 9.17) is 16.1 Å². The minimum atomic E-state index is -0.501. The second-order valence-electron chi connectivity index (χ2n) is 7.81. The monoisotopic (exact) mass is 405 g/mol. The zero-order chi connectivity index (χ0) is 21.5. The Kier molecular flexibility index (Phi) is 4.99. The third-order valence-corrected chi connectivity index (χ3v) is 5.95. The van der Waals surface area contributed by atoms with Crippen LogP contribution in [0.15, 0.2) is 76.1 Å². The van der Waals surface area contributed by atoms with Crippen LogP contribution in [-0.4, -0.2) is 41.3 Å². The Morgan fingerprint density at radius 3 is 2.73 bits per heavy atom. The number of nitrogens with two attached hydrogens (primary N) is 2. The largest absolute Gasteiger partial charge is 0.382 e. The van der Waals surface area contributed by atoms with E-state index >= 15 is 0 Å². The van der Waals surface area contributed by atoms with Crippen molar-refractivity contribution >= 4 is 23.0 Å². The lowest BCUT2D eigenvalue weighted by atomic mass is 9.75. The maximum Gasteiger partial charge on any atom is 0.148 e. The summed E-state index contributed by atoms with van der Waals surface area (Å²) in [5.74, 6) is 0.984. The van der Waals surface area contributed by atoms with Crippen molar-refractivity contribution in [3.63, 3.8) is 0 Å².